The van der Waals surface area contributed by atoms with Crippen LogP contribution in [0.4, 0.5) is 0 Å². The molecule has 0 aliphatic carbocycles. The van der Waals surface area contributed by atoms with Gasteiger partial charge in [0.25, 0.3) is 0 Å². The van der Waals surface area contributed by atoms with Crippen molar-refractivity contribution >= 4 is 0 Å². The number of hydrogen-bond donors (Lipinski definition) is 0. The van der Waals surface area contributed by atoms with Gasteiger partial charge in [-0.2, -0.15) is 0 Å². The van der Waals surface area contributed by atoms with Gasteiger partial charge in [0.2, 0.25) is 5.79 Å². The Balaban J connectivity index is 2.32. The van der Waals surface area contributed by atoms with E-state index in [4.69, 9.17) is 9.47 Å². The van der Waals surface area contributed by atoms with Gasteiger partial charge in [0, 0.05) is 19.4 Å². The summed E-state index contributed by atoms with van der Waals surface area (Å²) in [7, 11) is 0. The van der Waals surface area contributed by atoms with Crippen LogP contribution in [0.5, 0.6) is 5.75 Å². The van der Waals surface area contributed by atoms with Crippen molar-refractivity contribution in [3.05, 3.63) is 29.3 Å². The Kier molecular flexibility index (Phi) is 2.23. The minimum absolute atomic E-state index is 0.485. The topological polar surface area (TPSA) is 18.5 Å². The number of fused-ring (bicyclic) bond motifs is 1. The van der Waals surface area contributed by atoms with Crippen molar-refractivity contribution < 1.29 is 9.47 Å². The summed E-state index contributed by atoms with van der Waals surface area (Å²) < 4.78 is 11.3. The van der Waals surface area contributed by atoms with Crippen LogP contribution in [0.15, 0.2) is 18.2 Å². The molecule has 2 rings (SSSR count). The highest BCUT2D eigenvalue weighted by Crippen LogP contribution is 2.31. The van der Waals surface area contributed by atoms with Crippen molar-refractivity contribution in [2.75, 3.05) is 0 Å². The predicted molar refractivity (Wildman–Crippen MR) is 55.3 cm³/mol. The first-order chi connectivity index (χ1) is 6.61. The van der Waals surface area contributed by atoms with E-state index in [0.29, 0.717) is 6.61 Å². The van der Waals surface area contributed by atoms with Gasteiger partial charge in [-0.05, 0) is 24.1 Å². The van der Waals surface area contributed by atoms with Crippen molar-refractivity contribution in [3.8, 4) is 5.75 Å². The van der Waals surface area contributed by atoms with Gasteiger partial charge < -0.3 is 9.47 Å². The van der Waals surface area contributed by atoms with Gasteiger partial charge >= 0.3 is 0 Å². The van der Waals surface area contributed by atoms with E-state index in [1.807, 2.05) is 19.9 Å². The molecule has 1 aromatic carbocycles. The van der Waals surface area contributed by atoms with Crippen molar-refractivity contribution in [1.29, 1.82) is 0 Å². The summed E-state index contributed by atoms with van der Waals surface area (Å²) in [6, 6.07) is 6.31. The van der Waals surface area contributed by atoms with Crippen LogP contribution in [-0.2, 0) is 17.8 Å². The lowest BCUT2D eigenvalue weighted by atomic mass is 10.1. The lowest BCUT2D eigenvalue weighted by Gasteiger charge is -2.32. The number of benzene rings is 1. The quantitative estimate of drug-likeness (QED) is 0.681. The van der Waals surface area contributed by atoms with Gasteiger partial charge in [-0.25, -0.2) is 0 Å². The normalized spacial score (nSPS) is 18.5. The third-order valence-electron chi connectivity index (χ3n) is 2.46. The maximum Gasteiger partial charge on any atom is 0.205 e. The molecule has 2 nitrogen and oxygen atoms in total. The summed E-state index contributed by atoms with van der Waals surface area (Å²) in [4.78, 5) is 0. The SMILES string of the molecule is CCc1ccc2c(c1)COC(C)(C)O2. The lowest BCUT2D eigenvalue weighted by molar-refractivity contribution is -0.180. The molecule has 1 aliphatic rings. The highest BCUT2D eigenvalue weighted by atomic mass is 16.7. The van der Waals surface area contributed by atoms with Crippen LogP contribution in [0.3, 0.4) is 0 Å². The van der Waals surface area contributed by atoms with Gasteiger partial charge in [-0.3, -0.25) is 0 Å². The zero-order valence-corrected chi connectivity index (χ0v) is 8.96. The number of ether oxygens (including phenoxy) is 2. The maximum absolute atomic E-state index is 5.70. The van der Waals surface area contributed by atoms with Gasteiger partial charge in [-0.15, -0.1) is 0 Å². The van der Waals surface area contributed by atoms with Crippen LogP contribution in [0.25, 0.3) is 0 Å². The van der Waals surface area contributed by atoms with Gasteiger partial charge in [-0.1, -0.05) is 13.0 Å². The summed E-state index contributed by atoms with van der Waals surface area (Å²) in [6.45, 7) is 6.67. The molecule has 0 saturated carbocycles. The van der Waals surface area contributed by atoms with Crippen LogP contribution in [0, 0.1) is 0 Å². The van der Waals surface area contributed by atoms with Crippen molar-refractivity contribution in [1.82, 2.24) is 0 Å². The molecule has 2 heteroatoms. The summed E-state index contributed by atoms with van der Waals surface area (Å²) in [6.07, 6.45) is 1.05. The van der Waals surface area contributed by atoms with E-state index in [1.54, 1.807) is 0 Å². The molecule has 0 bridgehead atoms. The molecule has 14 heavy (non-hydrogen) atoms. The largest absolute Gasteiger partial charge is 0.463 e. The van der Waals surface area contributed by atoms with Crippen LogP contribution >= 0.6 is 0 Å². The second-order valence-corrected chi connectivity index (χ2v) is 4.09. The first-order valence-corrected chi connectivity index (χ1v) is 5.05. The third kappa shape index (κ3) is 1.75. The first-order valence-electron chi connectivity index (χ1n) is 5.05. The Morgan fingerprint density at radius 2 is 2.14 bits per heavy atom. The number of aryl methyl sites for hydroxylation is 1. The maximum atomic E-state index is 5.70. The van der Waals surface area contributed by atoms with Crippen molar-refractivity contribution in [3.63, 3.8) is 0 Å². The Labute approximate surface area is 84.8 Å². The molecule has 1 aliphatic heterocycles. The molecule has 0 spiro atoms. The zero-order chi connectivity index (χ0) is 10.2. The molecule has 1 aromatic rings. The third-order valence-corrected chi connectivity index (χ3v) is 2.46. The second kappa shape index (κ2) is 3.28. The van der Waals surface area contributed by atoms with E-state index in [-0.39, 0.29) is 0 Å². The van der Waals surface area contributed by atoms with Crippen LogP contribution < -0.4 is 4.74 Å². The van der Waals surface area contributed by atoms with Crippen LogP contribution in [0.2, 0.25) is 0 Å². The Morgan fingerprint density at radius 1 is 1.36 bits per heavy atom. The van der Waals surface area contributed by atoms with Gasteiger partial charge in [0.05, 0.1) is 6.61 Å². The van der Waals surface area contributed by atoms with Crippen molar-refractivity contribution in [2.45, 2.75) is 39.6 Å². The van der Waals surface area contributed by atoms with Crippen LogP contribution in [-0.4, -0.2) is 5.79 Å². The Bertz CT molecular complexity index is 342. The molecule has 0 fully saturated rings. The number of hydrogen-bond acceptors (Lipinski definition) is 2. The summed E-state index contributed by atoms with van der Waals surface area (Å²) in [5.41, 5.74) is 2.49. The molecule has 0 unspecified atom stereocenters. The monoisotopic (exact) mass is 192 g/mol. The molecule has 0 saturated heterocycles. The highest BCUT2D eigenvalue weighted by Gasteiger charge is 2.26. The molecule has 1 heterocycles. The molecule has 76 valence electrons. The van der Waals surface area contributed by atoms with Crippen LogP contribution in [0.1, 0.15) is 31.9 Å². The van der Waals surface area contributed by atoms with E-state index in [1.165, 1.54) is 5.56 Å². The summed E-state index contributed by atoms with van der Waals surface area (Å²) in [5.74, 6) is 0.472. The van der Waals surface area contributed by atoms with Crippen molar-refractivity contribution in [2.24, 2.45) is 0 Å². The molecule has 0 radical (unpaired) electrons. The fourth-order valence-electron chi connectivity index (χ4n) is 1.61. The molecular weight excluding hydrogens is 176 g/mol. The van der Waals surface area contributed by atoms with E-state index < -0.39 is 5.79 Å². The summed E-state index contributed by atoms with van der Waals surface area (Å²) in [5, 5.41) is 0. The number of rotatable bonds is 1. The molecular formula is C12H16O2. The average molecular weight is 192 g/mol. The molecule has 0 atom stereocenters. The fourth-order valence-corrected chi connectivity index (χ4v) is 1.61. The molecule has 0 aromatic heterocycles. The molecule has 0 amide bonds. The van der Waals surface area contributed by atoms with Gasteiger partial charge in [0.1, 0.15) is 5.75 Å². The van der Waals surface area contributed by atoms with Gasteiger partial charge in [0.15, 0.2) is 0 Å². The zero-order valence-electron chi connectivity index (χ0n) is 8.96. The minimum Gasteiger partial charge on any atom is -0.463 e. The minimum atomic E-state index is -0.485. The van der Waals surface area contributed by atoms with E-state index in [2.05, 4.69) is 19.1 Å². The standard InChI is InChI=1S/C12H16O2/c1-4-9-5-6-11-10(7-9)8-13-12(2,3)14-11/h5-7H,4,8H2,1-3H3. The fraction of sp³-hybridized carbons (Fsp3) is 0.500. The first kappa shape index (κ1) is 9.53. The van der Waals surface area contributed by atoms with E-state index in [0.717, 1.165) is 17.7 Å². The smallest absolute Gasteiger partial charge is 0.205 e. The predicted octanol–water partition coefficient (Wildman–Crippen LogP) is 2.89. The highest BCUT2D eigenvalue weighted by molar-refractivity contribution is 5.38. The lowest BCUT2D eigenvalue weighted by Crippen LogP contribution is -2.35. The Morgan fingerprint density at radius 3 is 2.86 bits per heavy atom. The molecule has 0 N–H and O–H groups in total. The summed E-state index contributed by atoms with van der Waals surface area (Å²) >= 11 is 0. The van der Waals surface area contributed by atoms with E-state index >= 15 is 0 Å². The average Bonchev–Trinajstić information content (AvgIpc) is 2.16. The van der Waals surface area contributed by atoms with E-state index in [9.17, 15) is 0 Å². The Hall–Kier alpha value is -1.02. The second-order valence-electron chi connectivity index (χ2n) is 4.09.